The van der Waals surface area contributed by atoms with Crippen LogP contribution in [0.1, 0.15) is 12.0 Å². The maximum atomic E-state index is 12.7. The standard InChI is InChI=1S/C21H20N2OS/c24-20(14-25-21-13-23-18-9-5-4-8-17(18)21)19-12-16(10-11-22-19)15-6-2-1-3-7-15/h1-10,13,19,22-23H,11-12,14H2. The van der Waals surface area contributed by atoms with E-state index in [4.69, 9.17) is 0 Å². The minimum absolute atomic E-state index is 0.0992. The Kier molecular flexibility index (Phi) is 4.72. The molecule has 0 radical (unpaired) electrons. The minimum Gasteiger partial charge on any atom is -0.360 e. The van der Waals surface area contributed by atoms with Crippen molar-refractivity contribution >= 4 is 34.0 Å². The number of hydrogen-bond donors (Lipinski definition) is 2. The molecule has 0 bridgehead atoms. The smallest absolute Gasteiger partial charge is 0.160 e. The number of ketones is 1. The van der Waals surface area contributed by atoms with Crippen molar-refractivity contribution in [2.45, 2.75) is 17.4 Å². The molecule has 126 valence electrons. The van der Waals surface area contributed by atoms with Crippen LogP contribution in [0.4, 0.5) is 0 Å². The fourth-order valence-electron chi connectivity index (χ4n) is 3.23. The summed E-state index contributed by atoms with van der Waals surface area (Å²) in [5.74, 6) is 0.749. The van der Waals surface area contributed by atoms with Crippen LogP contribution < -0.4 is 5.32 Å². The highest BCUT2D eigenvalue weighted by Gasteiger charge is 2.23. The Bertz CT molecular complexity index is 914. The van der Waals surface area contributed by atoms with Crippen LogP contribution in [0.15, 0.2) is 71.8 Å². The monoisotopic (exact) mass is 348 g/mol. The van der Waals surface area contributed by atoms with Crippen LogP contribution in [0, 0.1) is 0 Å². The summed E-state index contributed by atoms with van der Waals surface area (Å²) >= 11 is 1.62. The van der Waals surface area contributed by atoms with E-state index < -0.39 is 0 Å². The molecule has 2 aromatic carbocycles. The van der Waals surface area contributed by atoms with Gasteiger partial charge in [0.1, 0.15) is 0 Å². The van der Waals surface area contributed by atoms with Gasteiger partial charge in [0.05, 0.1) is 11.8 Å². The van der Waals surface area contributed by atoms with Crippen molar-refractivity contribution in [3.05, 3.63) is 72.4 Å². The number of thioether (sulfide) groups is 1. The zero-order valence-corrected chi connectivity index (χ0v) is 14.7. The quantitative estimate of drug-likeness (QED) is 0.677. The van der Waals surface area contributed by atoms with Crippen molar-refractivity contribution in [2.24, 2.45) is 0 Å². The summed E-state index contributed by atoms with van der Waals surface area (Å²) in [5, 5.41) is 4.52. The van der Waals surface area contributed by atoms with Gasteiger partial charge in [0, 0.05) is 28.5 Å². The Hall–Kier alpha value is -2.30. The van der Waals surface area contributed by atoms with Gasteiger partial charge in [-0.2, -0.15) is 0 Å². The number of carbonyl (C=O) groups excluding carboxylic acids is 1. The number of aromatic amines is 1. The Morgan fingerprint density at radius 3 is 2.76 bits per heavy atom. The van der Waals surface area contributed by atoms with Crippen LogP contribution in [-0.4, -0.2) is 29.1 Å². The first-order valence-corrected chi connectivity index (χ1v) is 9.49. The molecule has 0 saturated carbocycles. The zero-order valence-electron chi connectivity index (χ0n) is 13.9. The highest BCUT2D eigenvalue weighted by atomic mass is 32.2. The minimum atomic E-state index is -0.0992. The molecule has 3 nitrogen and oxygen atoms in total. The van der Waals surface area contributed by atoms with Gasteiger partial charge in [-0.05, 0) is 23.6 Å². The maximum Gasteiger partial charge on any atom is 0.160 e. The van der Waals surface area contributed by atoms with E-state index in [-0.39, 0.29) is 11.8 Å². The fraction of sp³-hybridized carbons (Fsp3) is 0.190. The average Bonchev–Trinajstić information content (AvgIpc) is 3.10. The normalized spacial score (nSPS) is 17.4. The molecule has 1 aliphatic rings. The molecule has 2 heterocycles. The second kappa shape index (κ2) is 7.30. The summed E-state index contributed by atoms with van der Waals surface area (Å²) in [5.41, 5.74) is 3.59. The van der Waals surface area contributed by atoms with Crippen LogP contribution >= 0.6 is 11.8 Å². The number of fused-ring (bicyclic) bond motifs is 1. The molecule has 0 amide bonds. The molecule has 1 aromatic heterocycles. The van der Waals surface area contributed by atoms with E-state index in [0.717, 1.165) is 23.4 Å². The number of Topliss-reactive ketones (excluding diaryl/α,β-unsaturated/α-hetero) is 1. The predicted octanol–water partition coefficient (Wildman–Crippen LogP) is 4.27. The van der Waals surface area contributed by atoms with Gasteiger partial charge in [0.15, 0.2) is 5.78 Å². The topological polar surface area (TPSA) is 44.9 Å². The second-order valence-electron chi connectivity index (χ2n) is 6.21. The van der Waals surface area contributed by atoms with Gasteiger partial charge in [-0.25, -0.2) is 0 Å². The van der Waals surface area contributed by atoms with Gasteiger partial charge in [-0.3, -0.25) is 4.79 Å². The van der Waals surface area contributed by atoms with E-state index in [1.165, 1.54) is 16.5 Å². The van der Waals surface area contributed by atoms with Gasteiger partial charge in [0.25, 0.3) is 0 Å². The zero-order chi connectivity index (χ0) is 17.1. The van der Waals surface area contributed by atoms with E-state index in [2.05, 4.69) is 40.6 Å². The van der Waals surface area contributed by atoms with Gasteiger partial charge in [0.2, 0.25) is 0 Å². The number of rotatable bonds is 5. The first-order chi connectivity index (χ1) is 12.3. The molecule has 25 heavy (non-hydrogen) atoms. The number of benzene rings is 2. The Morgan fingerprint density at radius 2 is 1.88 bits per heavy atom. The van der Waals surface area contributed by atoms with Gasteiger partial charge in [-0.1, -0.05) is 54.6 Å². The molecule has 3 aromatic rings. The lowest BCUT2D eigenvalue weighted by atomic mass is 9.94. The summed E-state index contributed by atoms with van der Waals surface area (Å²) in [6.07, 6.45) is 4.94. The summed E-state index contributed by atoms with van der Waals surface area (Å²) in [6.45, 7) is 0.748. The van der Waals surface area contributed by atoms with Crippen molar-refractivity contribution < 1.29 is 4.79 Å². The summed E-state index contributed by atoms with van der Waals surface area (Å²) in [4.78, 5) is 17.1. The first-order valence-electron chi connectivity index (χ1n) is 8.51. The van der Waals surface area contributed by atoms with E-state index >= 15 is 0 Å². The Balaban J connectivity index is 1.41. The lowest BCUT2D eigenvalue weighted by Crippen LogP contribution is -2.40. The number of hydrogen-bond acceptors (Lipinski definition) is 3. The third kappa shape index (κ3) is 3.55. The summed E-state index contributed by atoms with van der Waals surface area (Å²) < 4.78 is 0. The van der Waals surface area contributed by atoms with Crippen LogP contribution in [0.2, 0.25) is 0 Å². The third-order valence-corrected chi connectivity index (χ3v) is 5.67. The van der Waals surface area contributed by atoms with E-state index in [1.54, 1.807) is 11.8 Å². The van der Waals surface area contributed by atoms with E-state index in [9.17, 15) is 4.79 Å². The largest absolute Gasteiger partial charge is 0.360 e. The van der Waals surface area contributed by atoms with Crippen LogP contribution in [-0.2, 0) is 4.79 Å². The molecular weight excluding hydrogens is 328 g/mol. The maximum absolute atomic E-state index is 12.7. The fourth-order valence-corrected chi connectivity index (χ4v) is 4.20. The highest BCUT2D eigenvalue weighted by Crippen LogP contribution is 2.29. The van der Waals surface area contributed by atoms with Crippen molar-refractivity contribution in [3.8, 4) is 0 Å². The number of para-hydroxylation sites is 1. The molecular formula is C21H20N2OS. The SMILES string of the molecule is O=C(CSc1c[nH]c2ccccc12)C1CC(c2ccccc2)=CCN1. The molecule has 4 rings (SSSR count). The Labute approximate surface area is 151 Å². The van der Waals surface area contributed by atoms with Crippen LogP contribution in [0.3, 0.4) is 0 Å². The van der Waals surface area contributed by atoms with Crippen molar-refractivity contribution in [3.63, 3.8) is 0 Å². The lowest BCUT2D eigenvalue weighted by molar-refractivity contribution is -0.118. The van der Waals surface area contributed by atoms with Crippen molar-refractivity contribution in [2.75, 3.05) is 12.3 Å². The van der Waals surface area contributed by atoms with Gasteiger partial charge < -0.3 is 10.3 Å². The molecule has 1 unspecified atom stereocenters. The summed E-state index contributed by atoms with van der Waals surface area (Å²) in [6, 6.07) is 18.4. The summed E-state index contributed by atoms with van der Waals surface area (Å²) in [7, 11) is 0. The number of aromatic nitrogens is 1. The third-order valence-electron chi connectivity index (χ3n) is 4.59. The van der Waals surface area contributed by atoms with Crippen LogP contribution in [0.5, 0.6) is 0 Å². The van der Waals surface area contributed by atoms with Gasteiger partial charge >= 0.3 is 0 Å². The Morgan fingerprint density at radius 1 is 1.08 bits per heavy atom. The van der Waals surface area contributed by atoms with E-state index in [0.29, 0.717) is 5.75 Å². The number of nitrogens with one attached hydrogen (secondary N) is 2. The molecule has 1 aliphatic heterocycles. The number of carbonyl (C=O) groups is 1. The van der Waals surface area contributed by atoms with Crippen molar-refractivity contribution in [1.82, 2.24) is 10.3 Å². The predicted molar refractivity (Wildman–Crippen MR) is 105 cm³/mol. The molecule has 0 spiro atoms. The first kappa shape index (κ1) is 16.2. The van der Waals surface area contributed by atoms with Gasteiger partial charge in [-0.15, -0.1) is 11.8 Å². The molecule has 4 heteroatoms. The molecule has 1 atom stereocenters. The van der Waals surface area contributed by atoms with Crippen molar-refractivity contribution in [1.29, 1.82) is 0 Å². The highest BCUT2D eigenvalue weighted by molar-refractivity contribution is 8.00. The average molecular weight is 348 g/mol. The van der Waals surface area contributed by atoms with E-state index in [1.807, 2.05) is 36.5 Å². The number of H-pyrrole nitrogens is 1. The lowest BCUT2D eigenvalue weighted by Gasteiger charge is -2.23. The van der Waals surface area contributed by atoms with Crippen LogP contribution in [0.25, 0.3) is 16.5 Å². The molecule has 0 saturated heterocycles. The molecule has 0 fully saturated rings. The second-order valence-corrected chi connectivity index (χ2v) is 7.23. The molecule has 0 aliphatic carbocycles. The molecule has 2 N–H and O–H groups in total.